The van der Waals surface area contributed by atoms with Gasteiger partial charge in [0.25, 0.3) is 0 Å². The van der Waals surface area contributed by atoms with Crippen molar-refractivity contribution in [2.24, 2.45) is 4.99 Å². The fourth-order valence-corrected chi connectivity index (χ4v) is 2.73. The molecule has 0 atom stereocenters. The van der Waals surface area contributed by atoms with E-state index in [-0.39, 0.29) is 29.8 Å². The number of hydrogen-bond acceptors (Lipinski definition) is 3. The lowest BCUT2D eigenvalue weighted by Crippen LogP contribution is -2.38. The highest BCUT2D eigenvalue weighted by Crippen LogP contribution is 2.17. The Bertz CT molecular complexity index is 497. The number of benzene rings is 1. The minimum Gasteiger partial charge on any atom is -0.357 e. The average molecular weight is 468 g/mol. The largest absolute Gasteiger partial charge is 0.357 e. The molecule has 138 valence electrons. The highest BCUT2D eigenvalue weighted by Gasteiger charge is 2.04. The Labute approximate surface area is 167 Å². The summed E-state index contributed by atoms with van der Waals surface area (Å²) in [4.78, 5) is 6.79. The molecule has 1 aromatic rings. The van der Waals surface area contributed by atoms with Crippen molar-refractivity contribution in [3.05, 3.63) is 35.1 Å². The second kappa shape index (κ2) is 13.7. The molecule has 0 aliphatic rings. The van der Waals surface area contributed by atoms with E-state index in [2.05, 4.69) is 34.6 Å². The molecule has 0 aliphatic carbocycles. The maximum atomic E-state index is 13.4. The van der Waals surface area contributed by atoms with Crippen LogP contribution in [0.4, 0.5) is 4.39 Å². The summed E-state index contributed by atoms with van der Waals surface area (Å²) in [7, 11) is 4.14. The molecule has 0 fully saturated rings. The van der Waals surface area contributed by atoms with E-state index in [1.54, 1.807) is 17.8 Å². The third-order valence-electron chi connectivity index (χ3n) is 3.29. The Morgan fingerprint density at radius 1 is 1.25 bits per heavy atom. The molecule has 0 saturated heterocycles. The third kappa shape index (κ3) is 9.68. The number of thioether (sulfide) groups is 1. The van der Waals surface area contributed by atoms with Gasteiger partial charge in [0, 0.05) is 18.8 Å². The summed E-state index contributed by atoms with van der Waals surface area (Å²) in [5, 5.41) is 6.59. The lowest BCUT2D eigenvalue weighted by molar-refractivity contribution is 0.399. The van der Waals surface area contributed by atoms with Gasteiger partial charge in [-0.2, -0.15) is 11.8 Å². The van der Waals surface area contributed by atoms with Crippen molar-refractivity contribution in [2.45, 2.75) is 25.6 Å². The summed E-state index contributed by atoms with van der Waals surface area (Å²) < 4.78 is 13.4. The zero-order valence-electron chi connectivity index (χ0n) is 15.1. The molecule has 0 unspecified atom stereocenters. The van der Waals surface area contributed by atoms with Crippen LogP contribution in [-0.4, -0.2) is 50.8 Å². The van der Waals surface area contributed by atoms with Crippen LogP contribution in [0.3, 0.4) is 0 Å². The number of hydrogen-bond donors (Lipinski definition) is 2. The Hall–Kier alpha value is -0.540. The maximum absolute atomic E-state index is 13.4. The topological polar surface area (TPSA) is 39.7 Å². The molecule has 1 rings (SSSR count). The molecule has 0 aliphatic heterocycles. The van der Waals surface area contributed by atoms with Crippen LogP contribution in [-0.2, 0) is 12.3 Å². The highest BCUT2D eigenvalue weighted by atomic mass is 127. The number of guanidine groups is 1. The van der Waals surface area contributed by atoms with Crippen molar-refractivity contribution >= 4 is 41.7 Å². The minimum atomic E-state index is -0.185. The monoisotopic (exact) mass is 468 g/mol. The SMILES string of the molecule is CCNC(=NCc1ccc(F)cc1CSC)NCCCN(C)C.I. The molecule has 0 bridgehead atoms. The van der Waals surface area contributed by atoms with Gasteiger partial charge in [0.15, 0.2) is 5.96 Å². The van der Waals surface area contributed by atoms with E-state index in [1.807, 2.05) is 19.2 Å². The molecule has 4 nitrogen and oxygen atoms in total. The Kier molecular flexibility index (Phi) is 13.4. The van der Waals surface area contributed by atoms with E-state index < -0.39 is 0 Å². The molecular formula is C17H30FIN4S. The first-order chi connectivity index (χ1) is 11.1. The van der Waals surface area contributed by atoms with Crippen molar-refractivity contribution in [3.63, 3.8) is 0 Å². The first kappa shape index (κ1) is 23.5. The van der Waals surface area contributed by atoms with Crippen LogP contribution in [0.5, 0.6) is 0 Å². The lowest BCUT2D eigenvalue weighted by atomic mass is 10.1. The van der Waals surface area contributed by atoms with Gasteiger partial charge in [-0.1, -0.05) is 6.07 Å². The van der Waals surface area contributed by atoms with Gasteiger partial charge in [-0.15, -0.1) is 24.0 Å². The third-order valence-corrected chi connectivity index (χ3v) is 3.89. The van der Waals surface area contributed by atoms with Crippen molar-refractivity contribution in [1.82, 2.24) is 15.5 Å². The van der Waals surface area contributed by atoms with Crippen LogP contribution in [0.15, 0.2) is 23.2 Å². The molecule has 1 aromatic carbocycles. The summed E-state index contributed by atoms with van der Waals surface area (Å²) >= 11 is 1.69. The van der Waals surface area contributed by atoms with Crippen LogP contribution in [0.1, 0.15) is 24.5 Å². The van der Waals surface area contributed by atoms with E-state index >= 15 is 0 Å². The van der Waals surface area contributed by atoms with E-state index in [4.69, 9.17) is 0 Å². The zero-order chi connectivity index (χ0) is 17.1. The average Bonchev–Trinajstić information content (AvgIpc) is 2.50. The minimum absolute atomic E-state index is 0. The summed E-state index contributed by atoms with van der Waals surface area (Å²) in [6, 6.07) is 4.95. The fraction of sp³-hybridized carbons (Fsp3) is 0.588. The van der Waals surface area contributed by atoms with Crippen molar-refractivity contribution in [2.75, 3.05) is 40.0 Å². The summed E-state index contributed by atoms with van der Waals surface area (Å²) in [5.41, 5.74) is 2.09. The summed E-state index contributed by atoms with van der Waals surface area (Å²) in [5.74, 6) is 1.43. The molecule has 0 aromatic heterocycles. The van der Waals surface area contributed by atoms with Crippen molar-refractivity contribution in [1.29, 1.82) is 0 Å². The number of rotatable bonds is 9. The summed E-state index contributed by atoms with van der Waals surface area (Å²) in [6.45, 7) is 5.35. The fourth-order valence-electron chi connectivity index (χ4n) is 2.15. The van der Waals surface area contributed by atoms with Crippen molar-refractivity contribution < 1.29 is 4.39 Å². The molecule has 7 heteroatoms. The number of nitrogens with zero attached hydrogens (tertiary/aromatic N) is 2. The second-order valence-electron chi connectivity index (χ2n) is 5.62. The molecule has 24 heavy (non-hydrogen) atoms. The van der Waals surface area contributed by atoms with Crippen LogP contribution >= 0.6 is 35.7 Å². The van der Waals surface area contributed by atoms with Gasteiger partial charge in [-0.3, -0.25) is 0 Å². The first-order valence-electron chi connectivity index (χ1n) is 8.00. The Balaban J connectivity index is 0.00000529. The molecule has 0 spiro atoms. The van der Waals surface area contributed by atoms with Gasteiger partial charge in [-0.05, 0) is 63.5 Å². The van der Waals surface area contributed by atoms with Gasteiger partial charge < -0.3 is 15.5 Å². The molecule has 2 N–H and O–H groups in total. The van der Waals surface area contributed by atoms with Crippen LogP contribution in [0, 0.1) is 5.82 Å². The maximum Gasteiger partial charge on any atom is 0.191 e. The number of halogens is 2. The van der Waals surface area contributed by atoms with Gasteiger partial charge in [0.2, 0.25) is 0 Å². The molecule has 0 radical (unpaired) electrons. The first-order valence-corrected chi connectivity index (χ1v) is 9.39. The predicted molar refractivity (Wildman–Crippen MR) is 115 cm³/mol. The Morgan fingerprint density at radius 3 is 2.62 bits per heavy atom. The number of aliphatic imine (C=N–C) groups is 1. The van der Waals surface area contributed by atoms with Crippen LogP contribution in [0.2, 0.25) is 0 Å². The molecular weight excluding hydrogens is 438 g/mol. The Morgan fingerprint density at radius 2 is 2.00 bits per heavy atom. The second-order valence-corrected chi connectivity index (χ2v) is 6.49. The van der Waals surface area contributed by atoms with Gasteiger partial charge in [-0.25, -0.2) is 9.38 Å². The van der Waals surface area contributed by atoms with Crippen LogP contribution < -0.4 is 10.6 Å². The molecule has 0 amide bonds. The van der Waals surface area contributed by atoms with E-state index in [9.17, 15) is 4.39 Å². The van der Waals surface area contributed by atoms with Gasteiger partial charge in [0.1, 0.15) is 5.82 Å². The lowest BCUT2D eigenvalue weighted by Gasteiger charge is -2.14. The van der Waals surface area contributed by atoms with Crippen molar-refractivity contribution in [3.8, 4) is 0 Å². The smallest absolute Gasteiger partial charge is 0.191 e. The zero-order valence-corrected chi connectivity index (χ0v) is 18.2. The quantitative estimate of drug-likeness (QED) is 0.253. The van der Waals surface area contributed by atoms with Crippen LogP contribution in [0.25, 0.3) is 0 Å². The predicted octanol–water partition coefficient (Wildman–Crippen LogP) is 3.31. The van der Waals surface area contributed by atoms with Gasteiger partial charge in [0.05, 0.1) is 6.54 Å². The van der Waals surface area contributed by atoms with E-state index in [0.29, 0.717) is 6.54 Å². The van der Waals surface area contributed by atoms with E-state index in [1.165, 1.54) is 6.07 Å². The highest BCUT2D eigenvalue weighted by molar-refractivity contribution is 14.0. The van der Waals surface area contributed by atoms with E-state index in [0.717, 1.165) is 48.9 Å². The molecule has 0 saturated carbocycles. The molecule has 0 heterocycles. The normalized spacial score (nSPS) is 11.3. The standard InChI is InChI=1S/C17H29FN4S.HI/c1-5-19-17(20-9-6-10-22(2)3)21-12-14-7-8-16(18)11-15(14)13-23-4;/h7-8,11H,5-6,9-10,12-13H2,1-4H3,(H2,19,20,21);1H. The van der Waals surface area contributed by atoms with Gasteiger partial charge >= 0.3 is 0 Å². The summed E-state index contributed by atoms with van der Waals surface area (Å²) in [6.07, 6.45) is 3.08. The number of nitrogens with one attached hydrogen (secondary N) is 2.